The van der Waals surface area contributed by atoms with Crippen molar-refractivity contribution in [2.75, 3.05) is 31.4 Å². The molecule has 7 heteroatoms. The van der Waals surface area contributed by atoms with Crippen LogP contribution in [0.15, 0.2) is 48.7 Å². The molecule has 190 valence electrons. The van der Waals surface area contributed by atoms with E-state index in [-0.39, 0.29) is 11.8 Å². The number of nitrogens with zero attached hydrogens (tertiary/aromatic N) is 1. The average Bonchev–Trinajstić information content (AvgIpc) is 2.87. The average molecular weight is 490 g/mol. The summed E-state index contributed by atoms with van der Waals surface area (Å²) in [7, 11) is 2.98. The van der Waals surface area contributed by atoms with Gasteiger partial charge in [-0.15, -0.1) is 0 Å². The van der Waals surface area contributed by atoms with Gasteiger partial charge in [0.1, 0.15) is 11.6 Å². The van der Waals surface area contributed by atoms with Crippen molar-refractivity contribution in [1.82, 2.24) is 4.98 Å². The second kappa shape index (κ2) is 11.7. The van der Waals surface area contributed by atoms with Gasteiger partial charge in [0.25, 0.3) is 0 Å². The van der Waals surface area contributed by atoms with Gasteiger partial charge in [0.15, 0.2) is 0 Å². The number of hydrogen-bond donors (Lipinski definition) is 2. The summed E-state index contributed by atoms with van der Waals surface area (Å²) in [5, 5.41) is 6.20. The van der Waals surface area contributed by atoms with Crippen LogP contribution in [0.1, 0.15) is 43.6 Å². The van der Waals surface area contributed by atoms with Crippen LogP contribution >= 0.6 is 0 Å². The lowest BCUT2D eigenvalue weighted by molar-refractivity contribution is -0.118. The first-order chi connectivity index (χ1) is 17.2. The Labute approximate surface area is 213 Å². The number of carbonyl (C=O) groups is 2. The molecule has 0 atom stereocenters. The van der Waals surface area contributed by atoms with Crippen molar-refractivity contribution in [2.24, 2.45) is 11.8 Å². The number of ether oxygens (including phenoxy) is 2. The molecule has 0 saturated carbocycles. The van der Waals surface area contributed by atoms with Gasteiger partial charge in [-0.25, -0.2) is 9.78 Å². The standard InChI is InChI=1S/C29H35N3O4/c1-17(2)15-30-22-11-8-20(9-12-22)23-14-24(29(34)36-7)26(19(5)27(23)35-6)21-10-13-25(31-16-21)32-28(33)18(3)4/h8-14,16-18,30H,15H2,1-7H3,(H,31,32,33). The zero-order valence-corrected chi connectivity index (χ0v) is 22.1. The molecule has 0 aliphatic carbocycles. The molecule has 0 spiro atoms. The highest BCUT2D eigenvalue weighted by Gasteiger charge is 2.23. The molecule has 0 unspecified atom stereocenters. The number of hydrogen-bond acceptors (Lipinski definition) is 6. The van der Waals surface area contributed by atoms with Crippen LogP contribution in [0, 0.1) is 18.8 Å². The largest absolute Gasteiger partial charge is 0.496 e. The predicted molar refractivity (Wildman–Crippen MR) is 145 cm³/mol. The zero-order chi connectivity index (χ0) is 26.4. The summed E-state index contributed by atoms with van der Waals surface area (Å²) in [6, 6.07) is 13.4. The maximum absolute atomic E-state index is 12.9. The molecule has 0 fully saturated rings. The van der Waals surface area contributed by atoms with E-state index in [0.717, 1.165) is 28.9 Å². The van der Waals surface area contributed by atoms with E-state index in [2.05, 4.69) is 29.5 Å². The third-order valence-corrected chi connectivity index (χ3v) is 5.87. The van der Waals surface area contributed by atoms with Gasteiger partial charge in [-0.05, 0) is 48.7 Å². The zero-order valence-electron chi connectivity index (χ0n) is 22.1. The Morgan fingerprint density at radius 1 is 0.972 bits per heavy atom. The lowest BCUT2D eigenvalue weighted by Crippen LogP contribution is -2.18. The molecular formula is C29H35N3O4. The Morgan fingerprint density at radius 3 is 2.17 bits per heavy atom. The number of anilines is 2. The molecule has 2 aromatic carbocycles. The van der Waals surface area contributed by atoms with Crippen LogP contribution in [0.5, 0.6) is 5.75 Å². The van der Waals surface area contributed by atoms with Crippen LogP contribution < -0.4 is 15.4 Å². The van der Waals surface area contributed by atoms with Crippen molar-refractivity contribution in [3.63, 3.8) is 0 Å². The first kappa shape index (κ1) is 26.7. The van der Waals surface area contributed by atoms with E-state index in [1.54, 1.807) is 25.4 Å². The summed E-state index contributed by atoms with van der Waals surface area (Å²) in [5.41, 5.74) is 5.34. The smallest absolute Gasteiger partial charge is 0.338 e. The Balaban J connectivity index is 2.07. The molecule has 0 saturated heterocycles. The fraction of sp³-hybridized carbons (Fsp3) is 0.345. The molecule has 2 N–H and O–H groups in total. The van der Waals surface area contributed by atoms with E-state index in [1.165, 1.54) is 7.11 Å². The van der Waals surface area contributed by atoms with Crippen LogP contribution in [0.25, 0.3) is 22.3 Å². The molecule has 1 heterocycles. The van der Waals surface area contributed by atoms with E-state index >= 15 is 0 Å². The Morgan fingerprint density at radius 2 is 1.64 bits per heavy atom. The maximum atomic E-state index is 12.9. The Bertz CT molecular complexity index is 1220. The number of pyridine rings is 1. The minimum Gasteiger partial charge on any atom is -0.496 e. The summed E-state index contributed by atoms with van der Waals surface area (Å²) in [6.07, 6.45) is 1.64. The number of aromatic nitrogens is 1. The Hall–Kier alpha value is -3.87. The van der Waals surface area contributed by atoms with Crippen molar-refractivity contribution < 1.29 is 19.1 Å². The highest BCUT2D eigenvalue weighted by molar-refractivity contribution is 6.01. The van der Waals surface area contributed by atoms with Gasteiger partial charge in [-0.1, -0.05) is 39.8 Å². The normalized spacial score (nSPS) is 10.9. The number of nitrogens with one attached hydrogen (secondary N) is 2. The molecule has 3 rings (SSSR count). The van der Waals surface area contributed by atoms with Gasteiger partial charge in [0, 0.05) is 46.6 Å². The van der Waals surface area contributed by atoms with Crippen molar-refractivity contribution in [1.29, 1.82) is 0 Å². The number of rotatable bonds is 9. The van der Waals surface area contributed by atoms with Crippen LogP contribution in [-0.4, -0.2) is 37.6 Å². The van der Waals surface area contributed by atoms with Gasteiger partial charge in [0.2, 0.25) is 5.91 Å². The topological polar surface area (TPSA) is 89.5 Å². The second-order valence-corrected chi connectivity index (χ2v) is 9.42. The summed E-state index contributed by atoms with van der Waals surface area (Å²) in [4.78, 5) is 29.3. The molecule has 1 amide bonds. The number of carbonyl (C=O) groups excluding carboxylic acids is 2. The lowest BCUT2D eigenvalue weighted by atomic mass is 9.90. The fourth-order valence-electron chi connectivity index (χ4n) is 3.90. The third kappa shape index (κ3) is 6.03. The molecule has 0 aliphatic rings. The molecule has 0 radical (unpaired) electrons. The number of esters is 1. The molecule has 1 aromatic heterocycles. The van der Waals surface area contributed by atoms with E-state index in [1.807, 2.05) is 51.1 Å². The van der Waals surface area contributed by atoms with Crippen molar-refractivity contribution >= 4 is 23.4 Å². The van der Waals surface area contributed by atoms with E-state index in [0.29, 0.717) is 34.2 Å². The minimum atomic E-state index is -0.454. The number of benzene rings is 2. The van der Waals surface area contributed by atoms with E-state index in [9.17, 15) is 9.59 Å². The lowest BCUT2D eigenvalue weighted by Gasteiger charge is -2.19. The first-order valence-corrected chi connectivity index (χ1v) is 12.1. The minimum absolute atomic E-state index is 0.113. The summed E-state index contributed by atoms with van der Waals surface area (Å²) >= 11 is 0. The van der Waals surface area contributed by atoms with Crippen LogP contribution in [0.4, 0.5) is 11.5 Å². The highest BCUT2D eigenvalue weighted by Crippen LogP contribution is 2.41. The number of methoxy groups -OCH3 is 2. The van der Waals surface area contributed by atoms with Gasteiger partial charge in [-0.3, -0.25) is 4.79 Å². The van der Waals surface area contributed by atoms with Crippen molar-refractivity contribution in [2.45, 2.75) is 34.6 Å². The van der Waals surface area contributed by atoms with Gasteiger partial charge in [0.05, 0.1) is 19.8 Å². The second-order valence-electron chi connectivity index (χ2n) is 9.42. The fourth-order valence-corrected chi connectivity index (χ4v) is 3.90. The maximum Gasteiger partial charge on any atom is 0.338 e. The third-order valence-electron chi connectivity index (χ3n) is 5.87. The molecule has 0 bridgehead atoms. The van der Waals surface area contributed by atoms with Crippen LogP contribution in [0.2, 0.25) is 0 Å². The van der Waals surface area contributed by atoms with Crippen LogP contribution in [-0.2, 0) is 9.53 Å². The number of amides is 1. The van der Waals surface area contributed by atoms with Crippen LogP contribution in [0.3, 0.4) is 0 Å². The predicted octanol–water partition coefficient (Wildman–Crippen LogP) is 6.18. The molecule has 7 nitrogen and oxygen atoms in total. The highest BCUT2D eigenvalue weighted by atomic mass is 16.5. The van der Waals surface area contributed by atoms with Gasteiger partial charge < -0.3 is 20.1 Å². The molecule has 0 aliphatic heterocycles. The molecular weight excluding hydrogens is 454 g/mol. The molecule has 36 heavy (non-hydrogen) atoms. The summed E-state index contributed by atoms with van der Waals surface area (Å²) in [6.45, 7) is 10.8. The van der Waals surface area contributed by atoms with Gasteiger partial charge >= 0.3 is 5.97 Å². The van der Waals surface area contributed by atoms with E-state index < -0.39 is 5.97 Å². The molecule has 3 aromatic rings. The SMILES string of the molecule is COC(=O)c1cc(-c2ccc(NCC(C)C)cc2)c(OC)c(C)c1-c1ccc(NC(=O)C(C)C)nc1. The van der Waals surface area contributed by atoms with Crippen molar-refractivity contribution in [3.8, 4) is 28.0 Å². The summed E-state index contributed by atoms with van der Waals surface area (Å²) in [5.74, 6) is 0.929. The summed E-state index contributed by atoms with van der Waals surface area (Å²) < 4.78 is 11.0. The van der Waals surface area contributed by atoms with Gasteiger partial charge in [-0.2, -0.15) is 0 Å². The van der Waals surface area contributed by atoms with E-state index in [4.69, 9.17) is 9.47 Å². The van der Waals surface area contributed by atoms with Crippen molar-refractivity contribution in [3.05, 3.63) is 59.8 Å². The Kier molecular flexibility index (Phi) is 8.69. The monoisotopic (exact) mass is 489 g/mol. The first-order valence-electron chi connectivity index (χ1n) is 12.1. The quantitative estimate of drug-likeness (QED) is 0.349.